The van der Waals surface area contributed by atoms with Gasteiger partial charge in [-0.05, 0) is 68.8 Å². The molecule has 4 rings (SSSR count). The van der Waals surface area contributed by atoms with Gasteiger partial charge in [-0.15, -0.1) is 0 Å². The Labute approximate surface area is 136 Å². The number of nitrogens with zero attached hydrogens (tertiary/aromatic N) is 2. The van der Waals surface area contributed by atoms with Crippen molar-refractivity contribution in [3.8, 4) is 0 Å². The average Bonchev–Trinajstić information content (AvgIpc) is 3.25. The van der Waals surface area contributed by atoms with Gasteiger partial charge in [-0.2, -0.15) is 0 Å². The number of benzene rings is 1. The van der Waals surface area contributed by atoms with Crippen LogP contribution in [0.25, 0.3) is 0 Å². The van der Waals surface area contributed by atoms with Crippen LogP contribution in [0.3, 0.4) is 0 Å². The first-order valence-electron chi connectivity index (χ1n) is 8.57. The zero-order valence-electron chi connectivity index (χ0n) is 13.6. The quantitative estimate of drug-likeness (QED) is 0.868. The van der Waals surface area contributed by atoms with Gasteiger partial charge < -0.3 is 5.32 Å². The molecule has 0 bridgehead atoms. The fourth-order valence-corrected chi connectivity index (χ4v) is 4.03. The van der Waals surface area contributed by atoms with Crippen LogP contribution in [-0.4, -0.2) is 41.5 Å². The van der Waals surface area contributed by atoms with Crippen LogP contribution in [-0.2, 0) is 23.2 Å². The number of likely N-dealkylation sites (tertiary alicyclic amines) is 1. The number of hydrogen-bond acceptors (Lipinski definition) is 3. The predicted molar refractivity (Wildman–Crippen MR) is 86.9 cm³/mol. The van der Waals surface area contributed by atoms with Crippen molar-refractivity contribution in [2.45, 2.75) is 44.6 Å². The van der Waals surface area contributed by atoms with Crippen molar-refractivity contribution in [3.05, 3.63) is 34.9 Å². The van der Waals surface area contributed by atoms with Gasteiger partial charge in [0.05, 0.1) is 6.67 Å². The number of amides is 3. The molecule has 2 saturated heterocycles. The first-order chi connectivity index (χ1) is 11.1. The zero-order chi connectivity index (χ0) is 16.0. The topological polar surface area (TPSA) is 52.7 Å². The molecule has 1 aromatic rings. The summed E-state index contributed by atoms with van der Waals surface area (Å²) < 4.78 is 0. The Morgan fingerprint density at radius 3 is 2.61 bits per heavy atom. The lowest BCUT2D eigenvalue weighted by atomic mass is 9.90. The minimum atomic E-state index is -0.936. The van der Waals surface area contributed by atoms with Crippen LogP contribution in [0.1, 0.15) is 42.9 Å². The third kappa shape index (κ3) is 2.34. The summed E-state index contributed by atoms with van der Waals surface area (Å²) >= 11 is 0. The van der Waals surface area contributed by atoms with E-state index in [-0.39, 0.29) is 11.9 Å². The number of fused-ring (bicyclic) bond motifs is 1. The van der Waals surface area contributed by atoms with Crippen LogP contribution in [0.5, 0.6) is 0 Å². The van der Waals surface area contributed by atoms with Crippen molar-refractivity contribution in [2.75, 3.05) is 19.8 Å². The van der Waals surface area contributed by atoms with Crippen LogP contribution in [0.4, 0.5) is 4.79 Å². The van der Waals surface area contributed by atoms with E-state index < -0.39 is 5.54 Å². The Bertz CT molecular complexity index is 666. The highest BCUT2D eigenvalue weighted by Crippen LogP contribution is 2.32. The molecular weight excluding hydrogens is 290 g/mol. The molecule has 2 aliphatic heterocycles. The van der Waals surface area contributed by atoms with Crippen LogP contribution < -0.4 is 5.32 Å². The van der Waals surface area contributed by atoms with Gasteiger partial charge in [-0.1, -0.05) is 18.2 Å². The van der Waals surface area contributed by atoms with E-state index in [2.05, 4.69) is 22.3 Å². The molecule has 1 N–H and O–H groups in total. The third-order valence-corrected chi connectivity index (χ3v) is 5.49. The molecule has 3 aliphatic rings. The van der Waals surface area contributed by atoms with E-state index in [9.17, 15) is 9.59 Å². The van der Waals surface area contributed by atoms with Gasteiger partial charge >= 0.3 is 6.03 Å². The standard InChI is InChI=1S/C18H23N3O2/c1-18(15-8-7-13-5-4-6-14(13)11-15)16(22)21(17(23)19-18)12-20-9-2-3-10-20/h7-8,11H,2-6,9-10,12H2,1H3,(H,19,23)/t18-/m0/s1. The minimum absolute atomic E-state index is 0.132. The predicted octanol–water partition coefficient (Wildman–Crippen LogP) is 2.00. The summed E-state index contributed by atoms with van der Waals surface area (Å²) in [4.78, 5) is 28.9. The summed E-state index contributed by atoms with van der Waals surface area (Å²) in [6.07, 6.45) is 5.65. The number of aryl methyl sites for hydroxylation is 2. The number of imide groups is 1. The van der Waals surface area contributed by atoms with Crippen molar-refractivity contribution < 1.29 is 9.59 Å². The molecule has 2 heterocycles. The molecule has 1 aliphatic carbocycles. The maximum Gasteiger partial charge on any atom is 0.326 e. The number of rotatable bonds is 3. The van der Waals surface area contributed by atoms with Gasteiger partial charge in [0, 0.05) is 0 Å². The molecule has 0 aromatic heterocycles. The Kier molecular flexibility index (Phi) is 3.41. The number of hydrogen-bond donors (Lipinski definition) is 1. The zero-order valence-corrected chi connectivity index (χ0v) is 13.6. The smallest absolute Gasteiger partial charge is 0.319 e. The lowest BCUT2D eigenvalue weighted by molar-refractivity contribution is -0.132. The molecule has 2 fully saturated rings. The summed E-state index contributed by atoms with van der Waals surface area (Å²) in [6, 6.07) is 5.96. The maximum atomic E-state index is 12.9. The molecule has 0 radical (unpaired) electrons. The van der Waals surface area contributed by atoms with E-state index in [1.807, 2.05) is 13.0 Å². The number of nitrogens with one attached hydrogen (secondary N) is 1. The third-order valence-electron chi connectivity index (χ3n) is 5.49. The fraction of sp³-hybridized carbons (Fsp3) is 0.556. The van der Waals surface area contributed by atoms with Gasteiger partial charge in [-0.3, -0.25) is 9.69 Å². The van der Waals surface area contributed by atoms with Crippen LogP contribution in [0, 0.1) is 0 Å². The SMILES string of the molecule is C[C@@]1(c2ccc3c(c2)CCC3)NC(=O)N(CN2CCCC2)C1=O. The summed E-state index contributed by atoms with van der Waals surface area (Å²) in [5.41, 5.74) is 2.67. The van der Waals surface area contributed by atoms with E-state index in [1.54, 1.807) is 0 Å². The molecular formula is C18H23N3O2. The van der Waals surface area contributed by atoms with E-state index in [0.29, 0.717) is 6.67 Å². The molecule has 0 saturated carbocycles. The molecule has 122 valence electrons. The van der Waals surface area contributed by atoms with E-state index >= 15 is 0 Å². The summed E-state index contributed by atoms with van der Waals surface area (Å²) in [5.74, 6) is -0.132. The lowest BCUT2D eigenvalue weighted by Gasteiger charge is -2.25. The second-order valence-corrected chi connectivity index (χ2v) is 7.09. The normalized spacial score (nSPS) is 27.6. The summed E-state index contributed by atoms with van der Waals surface area (Å²) in [6.45, 7) is 4.17. The van der Waals surface area contributed by atoms with Gasteiger partial charge in [0.2, 0.25) is 0 Å². The Morgan fingerprint density at radius 1 is 1.09 bits per heavy atom. The van der Waals surface area contributed by atoms with Gasteiger partial charge in [0.25, 0.3) is 5.91 Å². The first kappa shape index (κ1) is 14.7. The first-order valence-corrected chi connectivity index (χ1v) is 8.57. The van der Waals surface area contributed by atoms with E-state index in [1.165, 1.54) is 22.4 Å². The highest BCUT2D eigenvalue weighted by molar-refractivity contribution is 6.07. The van der Waals surface area contributed by atoms with Crippen LogP contribution >= 0.6 is 0 Å². The van der Waals surface area contributed by atoms with Gasteiger partial charge in [0.1, 0.15) is 5.54 Å². The van der Waals surface area contributed by atoms with E-state index in [0.717, 1.165) is 44.3 Å². The largest absolute Gasteiger partial charge is 0.326 e. The van der Waals surface area contributed by atoms with Crippen molar-refractivity contribution in [2.24, 2.45) is 0 Å². The monoisotopic (exact) mass is 313 g/mol. The van der Waals surface area contributed by atoms with Crippen LogP contribution in [0.15, 0.2) is 18.2 Å². The highest BCUT2D eigenvalue weighted by Gasteiger charge is 2.49. The Hall–Kier alpha value is -1.88. The molecule has 1 aromatic carbocycles. The highest BCUT2D eigenvalue weighted by atomic mass is 16.2. The minimum Gasteiger partial charge on any atom is -0.319 e. The van der Waals surface area contributed by atoms with Crippen molar-refractivity contribution in [1.29, 1.82) is 0 Å². The molecule has 0 spiro atoms. The lowest BCUT2D eigenvalue weighted by Crippen LogP contribution is -2.43. The van der Waals surface area contributed by atoms with Crippen molar-refractivity contribution in [3.63, 3.8) is 0 Å². The Balaban J connectivity index is 1.60. The molecule has 5 nitrogen and oxygen atoms in total. The molecule has 1 atom stereocenters. The molecule has 5 heteroatoms. The number of urea groups is 1. The second-order valence-electron chi connectivity index (χ2n) is 7.09. The second kappa shape index (κ2) is 5.34. The average molecular weight is 313 g/mol. The molecule has 3 amide bonds. The van der Waals surface area contributed by atoms with Gasteiger partial charge in [-0.25, -0.2) is 9.69 Å². The van der Waals surface area contributed by atoms with E-state index in [4.69, 9.17) is 0 Å². The Morgan fingerprint density at radius 2 is 1.83 bits per heavy atom. The van der Waals surface area contributed by atoms with Crippen molar-refractivity contribution >= 4 is 11.9 Å². The number of carbonyl (C=O) groups excluding carboxylic acids is 2. The summed E-state index contributed by atoms with van der Waals surface area (Å²) in [5, 5.41) is 2.92. The van der Waals surface area contributed by atoms with Crippen molar-refractivity contribution in [1.82, 2.24) is 15.1 Å². The molecule has 0 unspecified atom stereocenters. The molecule has 23 heavy (non-hydrogen) atoms. The van der Waals surface area contributed by atoms with Crippen LogP contribution in [0.2, 0.25) is 0 Å². The maximum absolute atomic E-state index is 12.9. The summed E-state index contributed by atoms with van der Waals surface area (Å²) in [7, 11) is 0. The number of carbonyl (C=O) groups is 2. The van der Waals surface area contributed by atoms with Gasteiger partial charge in [0.15, 0.2) is 0 Å². The fourth-order valence-electron chi connectivity index (χ4n) is 4.03.